The fourth-order valence-corrected chi connectivity index (χ4v) is 0.723. The highest BCUT2D eigenvalue weighted by atomic mass is 15.0. The number of nitrogens with one attached hydrogen (secondary N) is 2. The Morgan fingerprint density at radius 1 is 1.30 bits per heavy atom. The number of nitrogens with zero attached hydrogens (tertiary/aromatic N) is 1. The van der Waals surface area contributed by atoms with Crippen molar-refractivity contribution in [3.05, 3.63) is 18.3 Å². The van der Waals surface area contributed by atoms with E-state index in [0.29, 0.717) is 0 Å². The van der Waals surface area contributed by atoms with Crippen LogP contribution < -0.4 is 10.6 Å². The summed E-state index contributed by atoms with van der Waals surface area (Å²) in [5, 5.41) is 5.97. The van der Waals surface area contributed by atoms with Crippen molar-refractivity contribution in [3.8, 4) is 0 Å². The maximum absolute atomic E-state index is 4.05. The topological polar surface area (TPSA) is 37.0 Å². The zero-order valence-corrected chi connectivity index (χ0v) is 6.18. The van der Waals surface area contributed by atoms with Crippen molar-refractivity contribution in [2.75, 3.05) is 24.7 Å². The van der Waals surface area contributed by atoms with Crippen LogP contribution in [-0.2, 0) is 0 Å². The summed E-state index contributed by atoms with van der Waals surface area (Å²) in [5.41, 5.74) is 1.07. The summed E-state index contributed by atoms with van der Waals surface area (Å²) in [6.07, 6.45) is 1.76. The highest BCUT2D eigenvalue weighted by molar-refractivity contribution is 5.50. The van der Waals surface area contributed by atoms with Gasteiger partial charge in [-0.2, -0.15) is 0 Å². The lowest BCUT2D eigenvalue weighted by atomic mass is 10.4. The largest absolute Gasteiger partial charge is 0.388 e. The molecule has 0 aliphatic heterocycles. The standard InChI is InChI=1S/C7H11N3/c1-8-6-3-4-10-7(5-6)9-2/h3-5H,1-2H3,(H2,8,9,10). The average molecular weight is 137 g/mol. The van der Waals surface area contributed by atoms with Gasteiger partial charge in [0.1, 0.15) is 5.82 Å². The lowest BCUT2D eigenvalue weighted by Crippen LogP contribution is -1.93. The van der Waals surface area contributed by atoms with Crippen LogP contribution in [0.15, 0.2) is 18.3 Å². The first-order chi connectivity index (χ1) is 4.86. The monoisotopic (exact) mass is 137 g/mol. The molecule has 54 valence electrons. The Bertz CT molecular complexity index is 191. The molecule has 0 radical (unpaired) electrons. The van der Waals surface area contributed by atoms with Crippen LogP contribution in [0.2, 0.25) is 0 Å². The quantitative estimate of drug-likeness (QED) is 0.642. The van der Waals surface area contributed by atoms with Crippen LogP contribution in [0.25, 0.3) is 0 Å². The molecule has 0 atom stereocenters. The van der Waals surface area contributed by atoms with Gasteiger partial charge >= 0.3 is 0 Å². The van der Waals surface area contributed by atoms with Crippen molar-refractivity contribution in [2.45, 2.75) is 0 Å². The van der Waals surface area contributed by atoms with Gasteiger partial charge in [0.15, 0.2) is 0 Å². The molecular formula is C7H11N3. The van der Waals surface area contributed by atoms with E-state index in [1.165, 1.54) is 0 Å². The SMILES string of the molecule is CNc1ccnc(NC)c1. The van der Waals surface area contributed by atoms with E-state index in [-0.39, 0.29) is 0 Å². The third-order valence-corrected chi connectivity index (χ3v) is 1.30. The van der Waals surface area contributed by atoms with E-state index >= 15 is 0 Å². The Balaban J connectivity index is 2.87. The molecule has 10 heavy (non-hydrogen) atoms. The minimum Gasteiger partial charge on any atom is -0.388 e. The zero-order valence-electron chi connectivity index (χ0n) is 6.18. The molecule has 0 unspecified atom stereocenters. The number of aromatic nitrogens is 1. The first kappa shape index (κ1) is 6.86. The Morgan fingerprint density at radius 2 is 2.10 bits per heavy atom. The first-order valence-electron chi connectivity index (χ1n) is 3.18. The normalized spacial score (nSPS) is 9.00. The molecule has 1 rings (SSSR count). The molecule has 1 aromatic rings. The number of hydrogen-bond donors (Lipinski definition) is 2. The number of rotatable bonds is 2. The highest BCUT2D eigenvalue weighted by Gasteiger charge is 1.89. The molecule has 3 heteroatoms. The van der Waals surface area contributed by atoms with E-state index in [1.54, 1.807) is 6.20 Å². The van der Waals surface area contributed by atoms with Gasteiger partial charge in [-0.05, 0) is 6.07 Å². The summed E-state index contributed by atoms with van der Waals surface area (Å²) >= 11 is 0. The molecule has 0 saturated carbocycles. The number of pyridine rings is 1. The van der Waals surface area contributed by atoms with Crippen LogP contribution in [0, 0.1) is 0 Å². The van der Waals surface area contributed by atoms with Gasteiger partial charge in [0, 0.05) is 32.0 Å². The van der Waals surface area contributed by atoms with Gasteiger partial charge in [-0.15, -0.1) is 0 Å². The van der Waals surface area contributed by atoms with Gasteiger partial charge in [0.25, 0.3) is 0 Å². The van der Waals surface area contributed by atoms with Crippen molar-refractivity contribution >= 4 is 11.5 Å². The molecule has 0 fully saturated rings. The summed E-state index contributed by atoms with van der Waals surface area (Å²) in [4.78, 5) is 4.05. The van der Waals surface area contributed by atoms with Crippen LogP contribution in [0.3, 0.4) is 0 Å². The predicted molar refractivity (Wildman–Crippen MR) is 43.3 cm³/mol. The van der Waals surface area contributed by atoms with Gasteiger partial charge in [-0.3, -0.25) is 0 Å². The van der Waals surface area contributed by atoms with Crippen molar-refractivity contribution in [3.63, 3.8) is 0 Å². The fourth-order valence-electron chi connectivity index (χ4n) is 0.723. The van der Waals surface area contributed by atoms with Crippen LogP contribution in [0.5, 0.6) is 0 Å². The van der Waals surface area contributed by atoms with Gasteiger partial charge in [-0.1, -0.05) is 0 Å². The van der Waals surface area contributed by atoms with E-state index in [2.05, 4.69) is 15.6 Å². The van der Waals surface area contributed by atoms with E-state index in [4.69, 9.17) is 0 Å². The lowest BCUT2D eigenvalue weighted by molar-refractivity contribution is 1.28. The zero-order chi connectivity index (χ0) is 7.40. The lowest BCUT2D eigenvalue weighted by Gasteiger charge is -2.01. The van der Waals surface area contributed by atoms with E-state index in [0.717, 1.165) is 11.5 Å². The fraction of sp³-hybridized carbons (Fsp3) is 0.286. The summed E-state index contributed by atoms with van der Waals surface area (Å²) in [5.74, 6) is 0.881. The predicted octanol–water partition coefficient (Wildman–Crippen LogP) is 1.16. The molecule has 0 amide bonds. The van der Waals surface area contributed by atoms with Gasteiger partial charge < -0.3 is 10.6 Å². The molecular weight excluding hydrogens is 126 g/mol. The van der Waals surface area contributed by atoms with Crippen LogP contribution in [0.4, 0.5) is 11.5 Å². The molecule has 3 nitrogen and oxygen atoms in total. The molecule has 0 aliphatic carbocycles. The van der Waals surface area contributed by atoms with E-state index < -0.39 is 0 Å². The second-order valence-electron chi connectivity index (χ2n) is 1.93. The van der Waals surface area contributed by atoms with Crippen molar-refractivity contribution < 1.29 is 0 Å². The molecule has 0 aromatic carbocycles. The molecule has 0 bridgehead atoms. The van der Waals surface area contributed by atoms with Crippen LogP contribution in [0.1, 0.15) is 0 Å². The smallest absolute Gasteiger partial charge is 0.127 e. The molecule has 0 saturated heterocycles. The van der Waals surface area contributed by atoms with Crippen LogP contribution in [-0.4, -0.2) is 19.1 Å². The van der Waals surface area contributed by atoms with Crippen LogP contribution >= 0.6 is 0 Å². The molecule has 1 heterocycles. The summed E-state index contributed by atoms with van der Waals surface area (Å²) in [7, 11) is 3.73. The molecule has 0 aliphatic rings. The molecule has 2 N–H and O–H groups in total. The average Bonchev–Trinajstić information content (AvgIpc) is 2.05. The van der Waals surface area contributed by atoms with E-state index in [1.807, 2.05) is 26.2 Å². The Labute approximate surface area is 60.5 Å². The Kier molecular flexibility index (Phi) is 2.10. The van der Waals surface area contributed by atoms with Gasteiger partial charge in [-0.25, -0.2) is 4.98 Å². The van der Waals surface area contributed by atoms with Crippen molar-refractivity contribution in [2.24, 2.45) is 0 Å². The minimum absolute atomic E-state index is 0.881. The third kappa shape index (κ3) is 1.37. The maximum Gasteiger partial charge on any atom is 0.127 e. The summed E-state index contributed by atoms with van der Waals surface area (Å²) in [6.45, 7) is 0. The maximum atomic E-state index is 4.05. The number of hydrogen-bond acceptors (Lipinski definition) is 3. The second-order valence-corrected chi connectivity index (χ2v) is 1.93. The summed E-state index contributed by atoms with van der Waals surface area (Å²) in [6, 6.07) is 3.86. The minimum atomic E-state index is 0.881. The Hall–Kier alpha value is -1.25. The molecule has 1 aromatic heterocycles. The van der Waals surface area contributed by atoms with Gasteiger partial charge in [0.2, 0.25) is 0 Å². The van der Waals surface area contributed by atoms with Gasteiger partial charge in [0.05, 0.1) is 0 Å². The first-order valence-corrected chi connectivity index (χ1v) is 3.18. The van der Waals surface area contributed by atoms with Crippen molar-refractivity contribution in [1.29, 1.82) is 0 Å². The Morgan fingerprint density at radius 3 is 2.70 bits per heavy atom. The second kappa shape index (κ2) is 3.06. The number of anilines is 2. The van der Waals surface area contributed by atoms with E-state index in [9.17, 15) is 0 Å². The summed E-state index contributed by atoms with van der Waals surface area (Å²) < 4.78 is 0. The highest BCUT2D eigenvalue weighted by Crippen LogP contribution is 2.09. The third-order valence-electron chi connectivity index (χ3n) is 1.30. The van der Waals surface area contributed by atoms with Crippen molar-refractivity contribution in [1.82, 2.24) is 4.98 Å². The molecule has 0 spiro atoms.